The Bertz CT molecular complexity index is 2250. The fraction of sp³-hybridized carbons (Fsp3) is 0.217. The number of Topliss-reactive ketones (excluding diaryl/α,β-unsaturated/α-hetero) is 1. The van der Waals surface area contributed by atoms with Crippen molar-refractivity contribution in [3.05, 3.63) is 162 Å². The van der Waals surface area contributed by atoms with Crippen LogP contribution in [0.1, 0.15) is 34.7 Å². The molecule has 2 aliphatic rings. The van der Waals surface area contributed by atoms with Gasteiger partial charge in [-0.25, -0.2) is 0 Å². The van der Waals surface area contributed by atoms with Crippen LogP contribution in [0.4, 0.5) is 5.69 Å². The Morgan fingerprint density at radius 2 is 1.05 bits per heavy atom. The molecule has 0 aliphatic carbocycles. The van der Waals surface area contributed by atoms with Crippen LogP contribution in [0.25, 0.3) is 11.1 Å². The zero-order valence-electron chi connectivity index (χ0n) is 31.9. The minimum absolute atomic E-state index is 0.0293. The number of fused-ring (bicyclic) bond motifs is 18. The van der Waals surface area contributed by atoms with E-state index < -0.39 is 78.1 Å². The third-order valence-corrected chi connectivity index (χ3v) is 10.1. The summed E-state index contributed by atoms with van der Waals surface area (Å²) in [7, 11) is 0. The first kappa shape index (κ1) is 41.7. The van der Waals surface area contributed by atoms with Gasteiger partial charge in [-0.05, 0) is 58.4 Å². The normalized spacial score (nSPS) is 22.2. The molecule has 0 spiro atoms. The summed E-state index contributed by atoms with van der Waals surface area (Å²) < 4.78 is 0. The third kappa shape index (κ3) is 11.1. The minimum Gasteiger partial charge on any atom is -0.481 e. The van der Waals surface area contributed by atoms with Crippen molar-refractivity contribution in [2.45, 2.75) is 56.0 Å². The second-order valence-corrected chi connectivity index (χ2v) is 14.4. The number of hydrogen-bond donors (Lipinski definition) is 7. The first-order chi connectivity index (χ1) is 28.4. The number of benzene rings is 5. The quantitative estimate of drug-likeness (QED) is 0.120. The van der Waals surface area contributed by atoms with E-state index in [0.717, 1.165) is 11.1 Å². The van der Waals surface area contributed by atoms with Gasteiger partial charge in [-0.2, -0.15) is 0 Å². The van der Waals surface area contributed by atoms with Crippen LogP contribution in [0, 0.1) is 5.92 Å². The number of carboxylic acids is 1. The van der Waals surface area contributed by atoms with Crippen LogP contribution in [-0.4, -0.2) is 75.0 Å². The zero-order valence-corrected chi connectivity index (χ0v) is 31.9. The number of nitrogens with one attached hydrogen (secondary N) is 4. The van der Waals surface area contributed by atoms with Gasteiger partial charge in [-0.3, -0.25) is 28.8 Å². The molecule has 0 aromatic heterocycles. The van der Waals surface area contributed by atoms with Crippen LogP contribution in [0.5, 0.6) is 0 Å². The number of rotatable bonds is 7. The predicted octanol–water partition coefficient (Wildman–Crippen LogP) is 3.54. The molecule has 0 fully saturated rings. The van der Waals surface area contributed by atoms with Gasteiger partial charge in [0.05, 0.1) is 12.0 Å². The fourth-order valence-corrected chi connectivity index (χ4v) is 6.85. The van der Waals surface area contributed by atoms with Crippen LogP contribution in [0.15, 0.2) is 140 Å². The molecule has 5 aromatic carbocycles. The molecule has 13 nitrogen and oxygen atoms in total. The van der Waals surface area contributed by atoms with Crippen LogP contribution >= 0.6 is 0 Å². The number of aliphatic carboxylic acids is 1. The Kier molecular flexibility index (Phi) is 13.7. The Hall–Kier alpha value is -6.96. The average Bonchev–Trinajstić information content (AvgIpc) is 3.25. The largest absolute Gasteiger partial charge is 0.481 e. The topological polar surface area (TPSA) is 211 Å². The molecule has 0 saturated carbocycles. The molecule has 2 heterocycles. The molecule has 7 N–H and O–H groups in total. The van der Waals surface area contributed by atoms with Gasteiger partial charge >= 0.3 is 5.97 Å². The highest BCUT2D eigenvalue weighted by Crippen LogP contribution is 2.22. The van der Waals surface area contributed by atoms with Gasteiger partial charge in [0.1, 0.15) is 12.1 Å². The lowest BCUT2D eigenvalue weighted by Gasteiger charge is -2.27. The molecule has 0 unspecified atom stereocenters. The summed E-state index contributed by atoms with van der Waals surface area (Å²) in [5.74, 6) is -6.96. The van der Waals surface area contributed by atoms with Crippen molar-refractivity contribution in [3.63, 3.8) is 0 Å². The van der Waals surface area contributed by atoms with Gasteiger partial charge in [-0.15, -0.1) is 0 Å². The van der Waals surface area contributed by atoms with E-state index in [0.29, 0.717) is 16.7 Å². The van der Waals surface area contributed by atoms with Crippen molar-refractivity contribution in [2.24, 2.45) is 5.92 Å². The Balaban J connectivity index is 1.38. The number of hydrogen-bond acceptors (Lipinski definition) is 8. The number of amides is 4. The third-order valence-electron chi connectivity index (χ3n) is 10.1. The number of aliphatic hydroxyl groups excluding tert-OH is 2. The highest BCUT2D eigenvalue weighted by molar-refractivity contribution is 6.00. The SMILES string of the molecule is O=C(O)[C@H]1CC(=O)[C@@H](Cc2ccccc2)NC(=O)[C@H](Cc2ccc(-c3ccccc3)cc2)NC(=O)[C@@H](c2ccccc2)NC(=O)[C@H](O)[C@@H](O)C(=O)Nc2ccc(cc2)C1. The maximum Gasteiger partial charge on any atom is 0.307 e. The maximum atomic E-state index is 14.4. The molecule has 6 atom stereocenters. The van der Waals surface area contributed by atoms with E-state index in [1.54, 1.807) is 60.7 Å². The van der Waals surface area contributed by atoms with Gasteiger partial charge in [-0.1, -0.05) is 127 Å². The molecule has 0 saturated heterocycles. The van der Waals surface area contributed by atoms with Gasteiger partial charge in [0, 0.05) is 18.5 Å². The Morgan fingerprint density at radius 1 is 0.525 bits per heavy atom. The first-order valence-electron chi connectivity index (χ1n) is 19.1. The van der Waals surface area contributed by atoms with Crippen molar-refractivity contribution < 1.29 is 44.1 Å². The molecule has 302 valence electrons. The van der Waals surface area contributed by atoms with Gasteiger partial charge in [0.15, 0.2) is 18.0 Å². The molecule has 0 radical (unpaired) electrons. The van der Waals surface area contributed by atoms with Crippen molar-refractivity contribution in [3.8, 4) is 11.1 Å². The zero-order chi connectivity index (χ0) is 41.9. The first-order valence-corrected chi connectivity index (χ1v) is 19.1. The lowest BCUT2D eigenvalue weighted by Crippen LogP contribution is -2.56. The average molecular weight is 797 g/mol. The van der Waals surface area contributed by atoms with E-state index in [2.05, 4.69) is 21.3 Å². The second-order valence-electron chi connectivity index (χ2n) is 14.4. The molecule has 7 rings (SSSR count). The van der Waals surface area contributed by atoms with Crippen molar-refractivity contribution in [1.29, 1.82) is 0 Å². The number of carbonyl (C=O) groups excluding carboxylic acids is 5. The molecule has 2 bridgehead atoms. The minimum atomic E-state index is -2.31. The van der Waals surface area contributed by atoms with Gasteiger partial charge in [0.2, 0.25) is 11.8 Å². The van der Waals surface area contributed by atoms with Crippen LogP contribution in [0.2, 0.25) is 0 Å². The van der Waals surface area contributed by atoms with E-state index in [9.17, 15) is 44.1 Å². The molecular weight excluding hydrogens is 753 g/mol. The monoisotopic (exact) mass is 796 g/mol. The lowest BCUT2D eigenvalue weighted by atomic mass is 9.90. The van der Waals surface area contributed by atoms with Gasteiger partial charge in [0.25, 0.3) is 11.8 Å². The van der Waals surface area contributed by atoms with E-state index in [-0.39, 0.29) is 30.5 Å². The number of carbonyl (C=O) groups is 6. The summed E-state index contributed by atoms with van der Waals surface area (Å²) >= 11 is 0. The Morgan fingerprint density at radius 3 is 1.68 bits per heavy atom. The molecule has 13 heteroatoms. The molecule has 59 heavy (non-hydrogen) atoms. The Labute approximate surface area is 340 Å². The maximum absolute atomic E-state index is 14.4. The number of aliphatic hydroxyl groups is 2. The van der Waals surface area contributed by atoms with Crippen LogP contribution < -0.4 is 21.3 Å². The molecular formula is C46H44N4O9. The van der Waals surface area contributed by atoms with Gasteiger partial charge < -0.3 is 36.6 Å². The standard InChI is InChI=1S/C46H44N4O9/c51-38-27-34(46(58)59)24-29-18-22-35(23-19-29)47-44(56)40(52)41(53)45(57)50-39(33-14-8-3-9-15-33)43(55)49-37(42(54)48-36(38)25-28-10-4-1-5-11-28)26-30-16-20-32(21-17-30)31-12-6-2-7-13-31/h1-23,34,36-37,39-41,52-53H,24-27H2,(H,47,56)(H,48,54)(H,49,55)(H,50,57)(H,58,59)/t34-,36-,37+,39-,40-,41-/m1/s1. The van der Waals surface area contributed by atoms with E-state index in [1.807, 2.05) is 42.5 Å². The van der Waals surface area contributed by atoms with Crippen molar-refractivity contribution in [1.82, 2.24) is 16.0 Å². The van der Waals surface area contributed by atoms with E-state index in [1.165, 1.54) is 36.4 Å². The lowest BCUT2D eigenvalue weighted by molar-refractivity contribution is -0.145. The summed E-state index contributed by atoms with van der Waals surface area (Å²) in [5, 5.41) is 42.1. The summed E-state index contributed by atoms with van der Waals surface area (Å²) in [6.45, 7) is 0. The highest BCUT2D eigenvalue weighted by Gasteiger charge is 2.36. The summed E-state index contributed by atoms with van der Waals surface area (Å²) in [6.07, 6.45) is -5.11. The van der Waals surface area contributed by atoms with E-state index in [4.69, 9.17) is 0 Å². The molecule has 4 amide bonds. The van der Waals surface area contributed by atoms with Crippen LogP contribution in [-0.2, 0) is 48.0 Å². The second kappa shape index (κ2) is 19.5. The fourth-order valence-electron chi connectivity index (χ4n) is 6.85. The number of anilines is 1. The van der Waals surface area contributed by atoms with Crippen molar-refractivity contribution >= 4 is 41.1 Å². The smallest absolute Gasteiger partial charge is 0.307 e. The highest BCUT2D eigenvalue weighted by atomic mass is 16.4. The van der Waals surface area contributed by atoms with Crippen LogP contribution in [0.3, 0.4) is 0 Å². The van der Waals surface area contributed by atoms with Crippen molar-refractivity contribution in [2.75, 3.05) is 5.32 Å². The molecule has 2 aliphatic heterocycles. The molecule has 5 aromatic rings. The summed E-state index contributed by atoms with van der Waals surface area (Å²) in [5.41, 5.74) is 4.17. The number of ketones is 1. The predicted molar refractivity (Wildman–Crippen MR) is 218 cm³/mol. The van der Waals surface area contributed by atoms with E-state index >= 15 is 0 Å². The summed E-state index contributed by atoms with van der Waals surface area (Å²) in [6, 6.07) is 35.8. The number of carboxylic acid groups (broad SMARTS) is 1. The summed E-state index contributed by atoms with van der Waals surface area (Å²) in [4.78, 5) is 81.7.